The number of hydrogen-bond acceptors (Lipinski definition) is 3. The van der Waals surface area contributed by atoms with Gasteiger partial charge in [0.25, 0.3) is 0 Å². The van der Waals surface area contributed by atoms with Gasteiger partial charge in [-0.25, -0.2) is 0 Å². The minimum atomic E-state index is -4.65. The summed E-state index contributed by atoms with van der Waals surface area (Å²) in [5, 5.41) is 3.58. The van der Waals surface area contributed by atoms with Crippen LogP contribution in [0.5, 0.6) is 5.75 Å². The van der Waals surface area contributed by atoms with E-state index in [2.05, 4.69) is 15.0 Å². The molecule has 0 aromatic heterocycles. The van der Waals surface area contributed by atoms with Gasteiger partial charge in [-0.2, -0.15) is 0 Å². The van der Waals surface area contributed by atoms with Crippen molar-refractivity contribution in [2.45, 2.75) is 56.7 Å². The van der Waals surface area contributed by atoms with Crippen LogP contribution in [0.2, 0.25) is 0 Å². The number of fused-ring (bicyclic) bond motifs is 2. The summed E-state index contributed by atoms with van der Waals surface area (Å²) in [6.07, 6.45) is -0.0985. The smallest absolute Gasteiger partial charge is 0.405 e. The molecule has 7 heteroatoms. The molecule has 1 aromatic carbocycles. The fourth-order valence-corrected chi connectivity index (χ4v) is 3.64. The van der Waals surface area contributed by atoms with Gasteiger partial charge in [0.15, 0.2) is 0 Å². The summed E-state index contributed by atoms with van der Waals surface area (Å²) in [6, 6.07) is 7.93. The molecule has 2 bridgehead atoms. The minimum absolute atomic E-state index is 0. The van der Waals surface area contributed by atoms with Crippen molar-refractivity contribution in [3.63, 3.8) is 0 Å². The number of hydrogen-bond donors (Lipinski definition) is 1. The Bertz CT molecular complexity index is 514. The molecule has 2 fully saturated rings. The number of nitrogens with one attached hydrogen (secondary N) is 1. The molecule has 2 aliphatic heterocycles. The van der Waals surface area contributed by atoms with Crippen molar-refractivity contribution in [3.05, 3.63) is 29.8 Å². The molecule has 0 spiro atoms. The highest BCUT2D eigenvalue weighted by Crippen LogP contribution is 2.32. The Morgan fingerprint density at radius 1 is 1.17 bits per heavy atom. The van der Waals surface area contributed by atoms with Gasteiger partial charge in [0.1, 0.15) is 5.75 Å². The second-order valence-corrected chi connectivity index (χ2v) is 6.33. The predicted molar refractivity (Wildman–Crippen MR) is 84.8 cm³/mol. The summed E-state index contributed by atoms with van der Waals surface area (Å²) >= 11 is 0. The van der Waals surface area contributed by atoms with Gasteiger partial charge in [-0.3, -0.25) is 4.90 Å². The maximum atomic E-state index is 12.5. The zero-order valence-corrected chi connectivity index (χ0v) is 13.8. The summed E-state index contributed by atoms with van der Waals surface area (Å²) in [4.78, 5) is 2.16. The first-order chi connectivity index (χ1) is 10.4. The van der Waals surface area contributed by atoms with E-state index in [-0.39, 0.29) is 18.2 Å². The number of halogens is 4. The standard InChI is InChI=1S/C16H21F3N2O.ClH/c1-21(14-8-12-6-7-13(9-14)20-12)10-11-4-2-3-5-15(11)22-16(17,18)19;/h2-5,12-14,20H,6-10H2,1H3;1H. The Labute approximate surface area is 140 Å². The maximum Gasteiger partial charge on any atom is 0.573 e. The molecule has 2 unspecified atom stereocenters. The third-order valence-corrected chi connectivity index (χ3v) is 4.69. The second-order valence-electron chi connectivity index (χ2n) is 6.33. The van der Waals surface area contributed by atoms with Crippen LogP contribution in [-0.4, -0.2) is 36.4 Å². The average molecular weight is 351 g/mol. The number of benzene rings is 1. The fraction of sp³-hybridized carbons (Fsp3) is 0.625. The molecule has 130 valence electrons. The Morgan fingerprint density at radius 3 is 2.39 bits per heavy atom. The first kappa shape index (κ1) is 18.4. The van der Waals surface area contributed by atoms with E-state index in [1.165, 1.54) is 18.9 Å². The predicted octanol–water partition coefficient (Wildman–Crippen LogP) is 3.72. The molecular formula is C16H22ClF3N2O. The third kappa shape index (κ3) is 4.75. The monoisotopic (exact) mass is 350 g/mol. The molecule has 0 aliphatic carbocycles. The number of ether oxygens (including phenoxy) is 1. The van der Waals surface area contributed by atoms with Crippen molar-refractivity contribution >= 4 is 12.4 Å². The lowest BCUT2D eigenvalue weighted by Gasteiger charge is -2.35. The van der Waals surface area contributed by atoms with Crippen LogP contribution >= 0.6 is 12.4 Å². The van der Waals surface area contributed by atoms with Crippen LogP contribution in [0.3, 0.4) is 0 Å². The number of rotatable bonds is 4. The van der Waals surface area contributed by atoms with Gasteiger partial charge >= 0.3 is 6.36 Å². The maximum absolute atomic E-state index is 12.5. The highest BCUT2D eigenvalue weighted by molar-refractivity contribution is 5.85. The number of piperidine rings is 1. The lowest BCUT2D eigenvalue weighted by atomic mass is 9.98. The van der Waals surface area contributed by atoms with E-state index < -0.39 is 6.36 Å². The Hall–Kier alpha value is -0.980. The summed E-state index contributed by atoms with van der Waals surface area (Å²) in [5.74, 6) is -0.0984. The van der Waals surface area contributed by atoms with Gasteiger partial charge in [-0.1, -0.05) is 18.2 Å². The Morgan fingerprint density at radius 2 is 1.78 bits per heavy atom. The van der Waals surface area contributed by atoms with Crippen molar-refractivity contribution in [2.75, 3.05) is 7.05 Å². The van der Waals surface area contributed by atoms with Crippen LogP contribution in [0.25, 0.3) is 0 Å². The molecule has 0 amide bonds. The van der Waals surface area contributed by atoms with E-state index in [1.807, 2.05) is 7.05 Å². The van der Waals surface area contributed by atoms with E-state index >= 15 is 0 Å². The fourth-order valence-electron chi connectivity index (χ4n) is 3.64. The lowest BCUT2D eigenvalue weighted by molar-refractivity contribution is -0.275. The van der Waals surface area contributed by atoms with Crippen LogP contribution in [0.4, 0.5) is 13.2 Å². The molecule has 23 heavy (non-hydrogen) atoms. The van der Waals surface area contributed by atoms with E-state index in [0.717, 1.165) is 12.8 Å². The number of alkyl halides is 3. The van der Waals surface area contributed by atoms with Gasteiger partial charge in [0, 0.05) is 30.2 Å². The van der Waals surface area contributed by atoms with Crippen LogP contribution in [0, 0.1) is 0 Å². The highest BCUT2D eigenvalue weighted by atomic mass is 35.5. The van der Waals surface area contributed by atoms with Gasteiger partial charge in [-0.15, -0.1) is 25.6 Å². The average Bonchev–Trinajstić information content (AvgIpc) is 2.78. The van der Waals surface area contributed by atoms with Crippen LogP contribution in [0.15, 0.2) is 24.3 Å². The van der Waals surface area contributed by atoms with Gasteiger partial charge in [0.05, 0.1) is 0 Å². The third-order valence-electron chi connectivity index (χ3n) is 4.69. The molecule has 0 saturated carbocycles. The molecule has 3 rings (SSSR count). The van der Waals surface area contributed by atoms with Crippen molar-refractivity contribution in [1.82, 2.24) is 10.2 Å². The molecule has 2 aliphatic rings. The molecule has 2 atom stereocenters. The Balaban J connectivity index is 0.00000192. The van der Waals surface area contributed by atoms with Crippen molar-refractivity contribution in [1.29, 1.82) is 0 Å². The van der Waals surface area contributed by atoms with E-state index in [9.17, 15) is 13.2 Å². The Kier molecular flexibility index (Phi) is 5.81. The van der Waals surface area contributed by atoms with Crippen LogP contribution in [-0.2, 0) is 6.54 Å². The topological polar surface area (TPSA) is 24.5 Å². The van der Waals surface area contributed by atoms with Crippen LogP contribution < -0.4 is 10.1 Å². The second kappa shape index (κ2) is 7.28. The van der Waals surface area contributed by atoms with Crippen LogP contribution in [0.1, 0.15) is 31.2 Å². The molecule has 1 N–H and O–H groups in total. The molecule has 2 saturated heterocycles. The van der Waals surface area contributed by atoms with E-state index in [1.54, 1.807) is 18.2 Å². The van der Waals surface area contributed by atoms with Gasteiger partial charge in [0.2, 0.25) is 0 Å². The molecule has 2 heterocycles. The first-order valence-electron chi connectivity index (χ1n) is 7.70. The molecular weight excluding hydrogens is 329 g/mol. The van der Waals surface area contributed by atoms with E-state index in [4.69, 9.17) is 0 Å². The highest BCUT2D eigenvalue weighted by Gasteiger charge is 2.36. The molecule has 1 aromatic rings. The van der Waals surface area contributed by atoms with Crippen molar-refractivity contribution in [3.8, 4) is 5.75 Å². The number of nitrogens with zero attached hydrogens (tertiary/aromatic N) is 1. The summed E-state index contributed by atoms with van der Waals surface area (Å²) in [7, 11) is 1.99. The van der Waals surface area contributed by atoms with Crippen molar-refractivity contribution in [2.24, 2.45) is 0 Å². The SMILES string of the molecule is CN(Cc1ccccc1OC(F)(F)F)C1CC2CCC(C1)N2.Cl. The van der Waals surface area contributed by atoms with E-state index in [0.29, 0.717) is 30.2 Å². The summed E-state index contributed by atoms with van der Waals surface area (Å²) < 4.78 is 41.6. The van der Waals surface area contributed by atoms with Gasteiger partial charge in [-0.05, 0) is 38.8 Å². The zero-order chi connectivity index (χ0) is 15.7. The minimum Gasteiger partial charge on any atom is -0.405 e. The molecule has 3 nitrogen and oxygen atoms in total. The number of para-hydroxylation sites is 1. The quantitative estimate of drug-likeness (QED) is 0.895. The lowest BCUT2D eigenvalue weighted by Crippen LogP contribution is -2.46. The summed E-state index contributed by atoms with van der Waals surface area (Å²) in [6.45, 7) is 0.469. The zero-order valence-electron chi connectivity index (χ0n) is 13.0. The van der Waals surface area contributed by atoms with Gasteiger partial charge < -0.3 is 10.1 Å². The normalized spacial score (nSPS) is 26.9. The largest absolute Gasteiger partial charge is 0.573 e. The molecule has 0 radical (unpaired) electrons. The van der Waals surface area contributed by atoms with Crippen molar-refractivity contribution < 1.29 is 17.9 Å². The first-order valence-corrected chi connectivity index (χ1v) is 7.70. The summed E-state index contributed by atoms with van der Waals surface area (Å²) in [5.41, 5.74) is 0.577.